The number of hydrogen-bond donors (Lipinski definition) is 4. The van der Waals surface area contributed by atoms with Crippen LogP contribution in [0.25, 0.3) is 11.1 Å². The quantitative estimate of drug-likeness (QED) is 0.457. The van der Waals surface area contributed by atoms with E-state index in [0.717, 1.165) is 35.6 Å². The van der Waals surface area contributed by atoms with E-state index in [0.29, 0.717) is 18.7 Å². The minimum absolute atomic E-state index is 0.216. The Hall–Kier alpha value is -3.58. The molecule has 7 heteroatoms. The van der Waals surface area contributed by atoms with Crippen LogP contribution in [0, 0.1) is 0 Å². The monoisotopic (exact) mass is 431 g/mol. The van der Waals surface area contributed by atoms with Crippen molar-refractivity contribution in [2.75, 3.05) is 41.7 Å². The molecule has 2 heterocycles. The molecule has 4 rings (SSSR count). The zero-order chi connectivity index (χ0) is 22.3. The SMILES string of the molecule is NCCNc1cccc(-c2c[nH]c(=O)c(NC(=O)c3ccc(N4CCCCC4)cc3)c2)c1. The number of benzene rings is 2. The van der Waals surface area contributed by atoms with E-state index in [1.54, 1.807) is 12.3 Å². The first-order valence-electron chi connectivity index (χ1n) is 11.1. The van der Waals surface area contributed by atoms with Crippen LogP contribution in [-0.4, -0.2) is 37.1 Å². The number of nitrogens with zero attached hydrogens (tertiary/aromatic N) is 1. The number of carbonyl (C=O) groups excluding carboxylic acids is 1. The summed E-state index contributed by atoms with van der Waals surface area (Å²) >= 11 is 0. The molecule has 3 aromatic rings. The fraction of sp³-hybridized carbons (Fsp3) is 0.280. The van der Waals surface area contributed by atoms with Crippen LogP contribution in [0.1, 0.15) is 29.6 Å². The van der Waals surface area contributed by atoms with Gasteiger partial charge in [-0.25, -0.2) is 0 Å². The molecule has 0 saturated carbocycles. The number of nitrogens with two attached hydrogens (primary N) is 1. The summed E-state index contributed by atoms with van der Waals surface area (Å²) in [4.78, 5) is 30.2. The van der Waals surface area contributed by atoms with Crippen molar-refractivity contribution in [2.45, 2.75) is 19.3 Å². The van der Waals surface area contributed by atoms with Crippen molar-refractivity contribution in [3.63, 3.8) is 0 Å². The fourth-order valence-corrected chi connectivity index (χ4v) is 3.94. The van der Waals surface area contributed by atoms with Gasteiger partial charge in [0.15, 0.2) is 0 Å². The topological polar surface area (TPSA) is 103 Å². The molecule has 0 unspecified atom stereocenters. The Morgan fingerprint density at radius 3 is 2.53 bits per heavy atom. The Morgan fingerprint density at radius 2 is 1.78 bits per heavy atom. The van der Waals surface area contributed by atoms with Gasteiger partial charge in [0.2, 0.25) is 0 Å². The molecular formula is C25H29N5O2. The lowest BCUT2D eigenvalue weighted by molar-refractivity contribution is 0.102. The molecule has 7 nitrogen and oxygen atoms in total. The predicted octanol–water partition coefficient (Wildman–Crippen LogP) is 3.66. The van der Waals surface area contributed by atoms with Crippen LogP contribution < -0.4 is 26.8 Å². The van der Waals surface area contributed by atoms with Crippen molar-refractivity contribution in [1.29, 1.82) is 0 Å². The maximum Gasteiger partial charge on any atom is 0.271 e. The number of amides is 1. The summed E-state index contributed by atoms with van der Waals surface area (Å²) in [5, 5.41) is 6.00. The van der Waals surface area contributed by atoms with E-state index in [4.69, 9.17) is 5.73 Å². The highest BCUT2D eigenvalue weighted by atomic mass is 16.2. The Bertz CT molecular complexity index is 1120. The van der Waals surface area contributed by atoms with E-state index in [1.807, 2.05) is 48.5 Å². The van der Waals surface area contributed by atoms with Crippen LogP contribution in [0.3, 0.4) is 0 Å². The van der Waals surface area contributed by atoms with Crippen LogP contribution in [0.15, 0.2) is 65.6 Å². The van der Waals surface area contributed by atoms with Gasteiger partial charge in [-0.1, -0.05) is 12.1 Å². The van der Waals surface area contributed by atoms with Gasteiger partial charge in [-0.3, -0.25) is 9.59 Å². The van der Waals surface area contributed by atoms with Gasteiger partial charge in [0, 0.05) is 54.9 Å². The Balaban J connectivity index is 1.49. The minimum Gasteiger partial charge on any atom is -0.384 e. The summed E-state index contributed by atoms with van der Waals surface area (Å²) in [7, 11) is 0. The predicted molar refractivity (Wildman–Crippen MR) is 131 cm³/mol. The number of piperidine rings is 1. The molecule has 0 spiro atoms. The van der Waals surface area contributed by atoms with Crippen molar-refractivity contribution < 1.29 is 4.79 Å². The lowest BCUT2D eigenvalue weighted by Crippen LogP contribution is -2.29. The summed E-state index contributed by atoms with van der Waals surface area (Å²) in [6.07, 6.45) is 5.33. The summed E-state index contributed by atoms with van der Waals surface area (Å²) in [5.41, 5.74) is 9.74. The normalized spacial score (nSPS) is 13.6. The Morgan fingerprint density at radius 1 is 1.00 bits per heavy atom. The zero-order valence-electron chi connectivity index (χ0n) is 18.1. The number of rotatable bonds is 7. The highest BCUT2D eigenvalue weighted by Crippen LogP contribution is 2.24. The number of carbonyl (C=O) groups is 1. The lowest BCUT2D eigenvalue weighted by Gasteiger charge is -2.28. The van der Waals surface area contributed by atoms with Gasteiger partial charge in [0.25, 0.3) is 11.5 Å². The third kappa shape index (κ3) is 5.18. The second-order valence-corrected chi connectivity index (χ2v) is 7.98. The van der Waals surface area contributed by atoms with Crippen molar-refractivity contribution in [2.24, 2.45) is 5.73 Å². The molecule has 166 valence electrons. The number of aromatic nitrogens is 1. The van der Waals surface area contributed by atoms with Crippen molar-refractivity contribution in [1.82, 2.24) is 4.98 Å². The minimum atomic E-state index is -0.343. The molecule has 0 bridgehead atoms. The summed E-state index contributed by atoms with van der Waals surface area (Å²) in [6.45, 7) is 3.32. The van der Waals surface area contributed by atoms with E-state index in [9.17, 15) is 9.59 Å². The Kier molecular flexibility index (Phi) is 6.87. The van der Waals surface area contributed by atoms with E-state index in [-0.39, 0.29) is 17.2 Å². The van der Waals surface area contributed by atoms with Crippen LogP contribution in [0.5, 0.6) is 0 Å². The maximum absolute atomic E-state index is 12.8. The molecule has 1 aliphatic rings. The molecule has 1 aliphatic heterocycles. The van der Waals surface area contributed by atoms with Gasteiger partial charge in [0.05, 0.1) is 0 Å². The van der Waals surface area contributed by atoms with Gasteiger partial charge in [0.1, 0.15) is 5.69 Å². The van der Waals surface area contributed by atoms with Gasteiger partial charge < -0.3 is 26.3 Å². The molecular weight excluding hydrogens is 402 g/mol. The Labute approximate surface area is 187 Å². The van der Waals surface area contributed by atoms with Gasteiger partial charge in [-0.15, -0.1) is 0 Å². The maximum atomic E-state index is 12.8. The van der Waals surface area contributed by atoms with Crippen LogP contribution in [0.2, 0.25) is 0 Å². The first-order chi connectivity index (χ1) is 15.6. The van der Waals surface area contributed by atoms with Gasteiger partial charge >= 0.3 is 0 Å². The van der Waals surface area contributed by atoms with Crippen LogP contribution in [-0.2, 0) is 0 Å². The zero-order valence-corrected chi connectivity index (χ0v) is 18.1. The number of pyridine rings is 1. The number of nitrogens with one attached hydrogen (secondary N) is 3. The average Bonchev–Trinajstić information content (AvgIpc) is 2.85. The van der Waals surface area contributed by atoms with Crippen molar-refractivity contribution in [3.05, 3.63) is 76.7 Å². The second-order valence-electron chi connectivity index (χ2n) is 7.98. The molecule has 1 aromatic heterocycles. The smallest absolute Gasteiger partial charge is 0.271 e. The number of aromatic amines is 1. The first-order valence-corrected chi connectivity index (χ1v) is 11.1. The molecule has 1 amide bonds. The highest BCUT2D eigenvalue weighted by Gasteiger charge is 2.13. The average molecular weight is 432 g/mol. The molecule has 32 heavy (non-hydrogen) atoms. The molecule has 1 saturated heterocycles. The van der Waals surface area contributed by atoms with Crippen molar-refractivity contribution in [3.8, 4) is 11.1 Å². The largest absolute Gasteiger partial charge is 0.384 e. The number of hydrogen-bond acceptors (Lipinski definition) is 5. The standard InChI is InChI=1S/C25H29N5O2/c26-11-12-27-21-6-4-5-19(15-21)20-16-23(25(32)28-17-20)29-24(31)18-7-9-22(10-8-18)30-13-2-1-3-14-30/h4-10,15-17,27H,1-3,11-14,26H2,(H,28,32)(H,29,31). The van der Waals surface area contributed by atoms with Gasteiger partial charge in [-0.05, 0) is 67.3 Å². The van der Waals surface area contributed by atoms with E-state index < -0.39 is 0 Å². The van der Waals surface area contributed by atoms with Crippen molar-refractivity contribution >= 4 is 23.0 Å². The fourth-order valence-electron chi connectivity index (χ4n) is 3.94. The van der Waals surface area contributed by atoms with E-state index >= 15 is 0 Å². The molecule has 0 atom stereocenters. The molecule has 5 N–H and O–H groups in total. The summed E-state index contributed by atoms with van der Waals surface area (Å²) in [6, 6.07) is 17.1. The molecule has 2 aromatic carbocycles. The highest BCUT2D eigenvalue weighted by molar-refractivity contribution is 6.04. The summed E-state index contributed by atoms with van der Waals surface area (Å²) in [5.74, 6) is -0.309. The third-order valence-corrected chi connectivity index (χ3v) is 5.67. The molecule has 1 fully saturated rings. The molecule has 0 aliphatic carbocycles. The second kappa shape index (κ2) is 10.2. The first kappa shape index (κ1) is 21.6. The number of anilines is 3. The third-order valence-electron chi connectivity index (χ3n) is 5.67. The lowest BCUT2D eigenvalue weighted by atomic mass is 10.1. The van der Waals surface area contributed by atoms with Crippen LogP contribution >= 0.6 is 0 Å². The van der Waals surface area contributed by atoms with Crippen LogP contribution in [0.4, 0.5) is 17.1 Å². The van der Waals surface area contributed by atoms with E-state index in [1.165, 1.54) is 19.3 Å². The van der Waals surface area contributed by atoms with Gasteiger partial charge in [-0.2, -0.15) is 0 Å². The van der Waals surface area contributed by atoms with E-state index in [2.05, 4.69) is 20.5 Å². The summed E-state index contributed by atoms with van der Waals surface area (Å²) < 4.78 is 0. The number of H-pyrrole nitrogens is 1. The molecule has 0 radical (unpaired) electrons.